The summed E-state index contributed by atoms with van der Waals surface area (Å²) in [5.41, 5.74) is 4.60. The number of rotatable bonds is 11. The third kappa shape index (κ3) is 7.10. The van der Waals surface area contributed by atoms with Gasteiger partial charge in [0.15, 0.2) is 0 Å². The van der Waals surface area contributed by atoms with Crippen molar-refractivity contribution in [2.45, 2.75) is 31.7 Å². The van der Waals surface area contributed by atoms with Crippen LogP contribution in [0.5, 0.6) is 0 Å². The summed E-state index contributed by atoms with van der Waals surface area (Å²) in [6, 6.07) is 21.7. The molecule has 2 N–H and O–H groups in total. The molecule has 0 radical (unpaired) electrons. The minimum Gasteiger partial charge on any atom is -0.384 e. The van der Waals surface area contributed by atoms with E-state index in [0.29, 0.717) is 24.5 Å². The smallest absolute Gasteiger partial charge is 0.243 e. The van der Waals surface area contributed by atoms with Gasteiger partial charge in [0.05, 0.1) is 17.0 Å². The SMILES string of the molecule is Cc1ccc(CN(CC(=O)NCCCNc2ccnc3cc(Cl)ccc23)S(=O)(=O)c2ccc(C)cc2)cc1. The van der Waals surface area contributed by atoms with Gasteiger partial charge in [-0.15, -0.1) is 0 Å². The Hall–Kier alpha value is -3.46. The Kier molecular flexibility index (Phi) is 8.99. The normalized spacial score (nSPS) is 11.6. The lowest BCUT2D eigenvalue weighted by molar-refractivity contribution is -0.121. The van der Waals surface area contributed by atoms with Gasteiger partial charge in [-0.25, -0.2) is 8.42 Å². The zero-order valence-corrected chi connectivity index (χ0v) is 23.0. The van der Waals surface area contributed by atoms with Gasteiger partial charge in [-0.3, -0.25) is 9.78 Å². The second kappa shape index (κ2) is 12.4. The van der Waals surface area contributed by atoms with Crippen LogP contribution in [0.25, 0.3) is 10.9 Å². The van der Waals surface area contributed by atoms with Gasteiger partial charge in [-0.05, 0) is 62.2 Å². The third-order valence-electron chi connectivity index (χ3n) is 6.15. The maximum Gasteiger partial charge on any atom is 0.243 e. The highest BCUT2D eigenvalue weighted by molar-refractivity contribution is 7.89. The molecule has 1 aromatic heterocycles. The van der Waals surface area contributed by atoms with E-state index in [9.17, 15) is 13.2 Å². The summed E-state index contributed by atoms with van der Waals surface area (Å²) in [7, 11) is -3.87. The number of hydrogen-bond donors (Lipinski definition) is 2. The van der Waals surface area contributed by atoms with Crippen LogP contribution in [0.4, 0.5) is 5.69 Å². The predicted octanol–water partition coefficient (Wildman–Crippen LogP) is 5.31. The van der Waals surface area contributed by atoms with Crippen LogP contribution in [0.15, 0.2) is 83.9 Å². The van der Waals surface area contributed by atoms with Crippen LogP contribution in [-0.4, -0.2) is 43.2 Å². The maximum absolute atomic E-state index is 13.4. The molecule has 0 aliphatic heterocycles. The van der Waals surface area contributed by atoms with E-state index < -0.39 is 10.0 Å². The minimum atomic E-state index is -3.87. The molecule has 3 aromatic carbocycles. The van der Waals surface area contributed by atoms with Crippen LogP contribution in [0.1, 0.15) is 23.1 Å². The molecule has 7 nitrogen and oxygen atoms in total. The molecule has 1 amide bonds. The number of hydrogen-bond acceptors (Lipinski definition) is 5. The van der Waals surface area contributed by atoms with Crippen molar-refractivity contribution in [2.75, 3.05) is 25.0 Å². The second-order valence-electron chi connectivity index (χ2n) is 9.22. The fourth-order valence-electron chi connectivity index (χ4n) is 4.01. The van der Waals surface area contributed by atoms with E-state index in [1.54, 1.807) is 30.5 Å². The molecule has 4 rings (SSSR count). The fraction of sp³-hybridized carbons (Fsp3) is 0.241. The van der Waals surface area contributed by atoms with Crippen molar-refractivity contribution in [3.05, 3.63) is 101 Å². The van der Waals surface area contributed by atoms with Crippen LogP contribution < -0.4 is 10.6 Å². The number of aryl methyl sites for hydroxylation is 2. The number of nitrogens with zero attached hydrogens (tertiary/aromatic N) is 2. The number of nitrogens with one attached hydrogen (secondary N) is 2. The van der Waals surface area contributed by atoms with Crippen molar-refractivity contribution in [2.24, 2.45) is 0 Å². The lowest BCUT2D eigenvalue weighted by atomic mass is 10.1. The van der Waals surface area contributed by atoms with Crippen LogP contribution in [0.2, 0.25) is 5.02 Å². The number of sulfonamides is 1. The van der Waals surface area contributed by atoms with Crippen LogP contribution in [0, 0.1) is 13.8 Å². The lowest BCUT2D eigenvalue weighted by Crippen LogP contribution is -2.40. The molecule has 0 aliphatic rings. The zero-order chi connectivity index (χ0) is 27.1. The van der Waals surface area contributed by atoms with Crippen LogP contribution >= 0.6 is 11.6 Å². The third-order valence-corrected chi connectivity index (χ3v) is 8.20. The van der Waals surface area contributed by atoms with E-state index >= 15 is 0 Å². The standard InChI is InChI=1S/C29H31ClN4O3S/c1-21-4-8-23(9-5-21)19-34(38(36,37)25-11-6-22(2)7-12-25)20-29(35)33-16-3-15-31-27-14-17-32-28-18-24(30)10-13-26(27)28/h4-14,17-18H,3,15-16,19-20H2,1-2H3,(H,31,32)(H,33,35). The Morgan fingerprint density at radius 2 is 1.61 bits per heavy atom. The molecule has 4 aromatic rings. The highest BCUT2D eigenvalue weighted by Crippen LogP contribution is 2.24. The van der Waals surface area contributed by atoms with Crippen molar-refractivity contribution in [1.82, 2.24) is 14.6 Å². The lowest BCUT2D eigenvalue weighted by Gasteiger charge is -2.22. The Balaban J connectivity index is 1.36. The number of carbonyl (C=O) groups is 1. The summed E-state index contributed by atoms with van der Waals surface area (Å²) >= 11 is 6.06. The minimum absolute atomic E-state index is 0.102. The Labute approximate surface area is 228 Å². The fourth-order valence-corrected chi connectivity index (χ4v) is 5.56. The van der Waals surface area contributed by atoms with Gasteiger partial charge in [0.1, 0.15) is 0 Å². The molecule has 9 heteroatoms. The van der Waals surface area contributed by atoms with Crippen LogP contribution in [0.3, 0.4) is 0 Å². The zero-order valence-electron chi connectivity index (χ0n) is 21.4. The average Bonchev–Trinajstić information content (AvgIpc) is 2.89. The van der Waals surface area contributed by atoms with Gasteiger partial charge < -0.3 is 10.6 Å². The predicted molar refractivity (Wildman–Crippen MR) is 153 cm³/mol. The van der Waals surface area contributed by atoms with E-state index in [2.05, 4.69) is 15.6 Å². The largest absolute Gasteiger partial charge is 0.384 e. The van der Waals surface area contributed by atoms with Gasteiger partial charge in [-0.2, -0.15) is 4.31 Å². The summed E-state index contributed by atoms with van der Waals surface area (Å²) in [5, 5.41) is 7.82. The number of anilines is 1. The van der Waals surface area contributed by atoms with Crippen LogP contribution in [-0.2, 0) is 21.4 Å². The summed E-state index contributed by atoms with van der Waals surface area (Å²) in [4.78, 5) is 17.3. The van der Waals surface area contributed by atoms with Gasteiger partial charge in [0.2, 0.25) is 15.9 Å². The number of pyridine rings is 1. The molecule has 0 aliphatic carbocycles. The molecule has 198 valence electrons. The molecule has 0 fully saturated rings. The van der Waals surface area contributed by atoms with E-state index in [4.69, 9.17) is 11.6 Å². The summed E-state index contributed by atoms with van der Waals surface area (Å²) in [6.45, 7) is 4.73. The highest BCUT2D eigenvalue weighted by atomic mass is 35.5. The Morgan fingerprint density at radius 3 is 2.32 bits per heavy atom. The van der Waals surface area contributed by atoms with Gasteiger partial charge >= 0.3 is 0 Å². The number of aromatic nitrogens is 1. The quantitative estimate of drug-likeness (QED) is 0.247. The first-order valence-corrected chi connectivity index (χ1v) is 14.2. The molecular weight excluding hydrogens is 520 g/mol. The van der Waals surface area contributed by atoms with E-state index in [1.807, 2.05) is 62.4 Å². The Bertz CT molecular complexity index is 1510. The molecule has 0 atom stereocenters. The molecule has 0 bridgehead atoms. The summed E-state index contributed by atoms with van der Waals surface area (Å²) in [5.74, 6) is -0.350. The molecule has 38 heavy (non-hydrogen) atoms. The number of halogens is 1. The summed E-state index contributed by atoms with van der Waals surface area (Å²) < 4.78 is 28.1. The van der Waals surface area contributed by atoms with E-state index in [1.165, 1.54) is 4.31 Å². The second-order valence-corrected chi connectivity index (χ2v) is 11.6. The van der Waals surface area contributed by atoms with Crippen molar-refractivity contribution in [3.8, 4) is 0 Å². The molecule has 0 saturated carbocycles. The maximum atomic E-state index is 13.4. The number of benzene rings is 3. The number of carbonyl (C=O) groups excluding carboxylic acids is 1. The van der Waals surface area contributed by atoms with Gasteiger partial charge in [-0.1, -0.05) is 59.1 Å². The Morgan fingerprint density at radius 1 is 0.921 bits per heavy atom. The van der Waals surface area contributed by atoms with Gasteiger partial charge in [0.25, 0.3) is 0 Å². The first-order valence-electron chi connectivity index (χ1n) is 12.4. The summed E-state index contributed by atoms with van der Waals surface area (Å²) in [6.07, 6.45) is 2.38. The van der Waals surface area contributed by atoms with E-state index in [0.717, 1.165) is 33.3 Å². The highest BCUT2D eigenvalue weighted by Gasteiger charge is 2.26. The average molecular weight is 551 g/mol. The topological polar surface area (TPSA) is 91.4 Å². The molecular formula is C29H31ClN4O3S. The number of amides is 1. The van der Waals surface area contributed by atoms with Crippen molar-refractivity contribution < 1.29 is 13.2 Å². The van der Waals surface area contributed by atoms with Gasteiger partial charge in [0, 0.05) is 41.9 Å². The van der Waals surface area contributed by atoms with Crippen molar-refractivity contribution >= 4 is 44.1 Å². The van der Waals surface area contributed by atoms with Crippen molar-refractivity contribution in [3.63, 3.8) is 0 Å². The molecule has 1 heterocycles. The first-order chi connectivity index (χ1) is 18.2. The molecule has 0 unspecified atom stereocenters. The number of fused-ring (bicyclic) bond motifs is 1. The monoisotopic (exact) mass is 550 g/mol. The molecule has 0 saturated heterocycles. The van der Waals surface area contributed by atoms with E-state index in [-0.39, 0.29) is 23.9 Å². The molecule has 0 spiro atoms. The van der Waals surface area contributed by atoms with Crippen molar-refractivity contribution in [1.29, 1.82) is 0 Å². The first kappa shape index (κ1) is 27.6.